The summed E-state index contributed by atoms with van der Waals surface area (Å²) in [6.07, 6.45) is 1.64. The molecule has 8 nitrogen and oxygen atoms in total. The van der Waals surface area contributed by atoms with Crippen LogP contribution in [0.1, 0.15) is 21.5 Å². The van der Waals surface area contributed by atoms with E-state index in [4.69, 9.17) is 14.2 Å². The Morgan fingerprint density at radius 3 is 2.81 bits per heavy atom. The SMILES string of the molecule is COc1cc(C(=O)NCCN2C(=O)S/C(=C\c3ccc4c(c3)OCO4)C2=O)ccc1C. The second-order valence-corrected chi connectivity index (χ2v) is 7.88. The summed E-state index contributed by atoms with van der Waals surface area (Å²) in [4.78, 5) is 38.8. The first kappa shape index (κ1) is 20.8. The van der Waals surface area contributed by atoms with Gasteiger partial charge in [0.15, 0.2) is 11.5 Å². The number of thioether (sulfide) groups is 1. The molecule has 4 rings (SSSR count). The highest BCUT2D eigenvalue weighted by Crippen LogP contribution is 2.36. The van der Waals surface area contributed by atoms with E-state index in [9.17, 15) is 14.4 Å². The maximum atomic E-state index is 12.7. The molecule has 0 aliphatic carbocycles. The zero-order chi connectivity index (χ0) is 22.0. The van der Waals surface area contributed by atoms with Gasteiger partial charge in [-0.2, -0.15) is 0 Å². The fourth-order valence-electron chi connectivity index (χ4n) is 3.19. The molecule has 0 radical (unpaired) electrons. The van der Waals surface area contributed by atoms with E-state index in [0.29, 0.717) is 27.7 Å². The van der Waals surface area contributed by atoms with E-state index in [-0.39, 0.29) is 36.9 Å². The van der Waals surface area contributed by atoms with Crippen LogP contribution in [-0.2, 0) is 4.79 Å². The van der Waals surface area contributed by atoms with Crippen LogP contribution in [0.5, 0.6) is 17.2 Å². The lowest BCUT2D eigenvalue weighted by Crippen LogP contribution is -2.37. The molecule has 0 saturated carbocycles. The number of aryl methyl sites for hydroxylation is 1. The molecule has 2 aromatic rings. The first-order valence-electron chi connectivity index (χ1n) is 9.54. The molecule has 3 amide bonds. The molecule has 2 aliphatic heterocycles. The van der Waals surface area contributed by atoms with Crippen LogP contribution in [0.2, 0.25) is 0 Å². The van der Waals surface area contributed by atoms with Crippen LogP contribution < -0.4 is 19.5 Å². The minimum atomic E-state index is -0.390. The Morgan fingerprint density at radius 1 is 1.19 bits per heavy atom. The quantitative estimate of drug-likeness (QED) is 0.690. The number of amides is 3. The predicted octanol–water partition coefficient (Wildman–Crippen LogP) is 3.20. The minimum absolute atomic E-state index is 0.0812. The van der Waals surface area contributed by atoms with Crippen LogP contribution in [-0.4, -0.2) is 48.9 Å². The van der Waals surface area contributed by atoms with Crippen LogP contribution >= 0.6 is 11.8 Å². The summed E-state index contributed by atoms with van der Waals surface area (Å²) in [7, 11) is 1.54. The van der Waals surface area contributed by atoms with Gasteiger partial charge in [-0.15, -0.1) is 0 Å². The Labute approximate surface area is 183 Å². The number of carbonyl (C=O) groups is 3. The number of carbonyl (C=O) groups excluding carboxylic acids is 3. The van der Waals surface area contributed by atoms with Gasteiger partial charge < -0.3 is 19.5 Å². The number of nitrogens with zero attached hydrogens (tertiary/aromatic N) is 1. The zero-order valence-electron chi connectivity index (χ0n) is 17.0. The summed E-state index contributed by atoms with van der Waals surface area (Å²) < 4.78 is 15.8. The molecule has 2 heterocycles. The molecule has 31 heavy (non-hydrogen) atoms. The molecule has 0 atom stereocenters. The molecule has 0 bridgehead atoms. The molecule has 1 saturated heterocycles. The van der Waals surface area contributed by atoms with Gasteiger partial charge in [-0.05, 0) is 60.2 Å². The van der Waals surface area contributed by atoms with E-state index in [1.54, 1.807) is 49.6 Å². The van der Waals surface area contributed by atoms with Gasteiger partial charge in [-0.25, -0.2) is 0 Å². The van der Waals surface area contributed by atoms with Crippen molar-refractivity contribution < 1.29 is 28.6 Å². The Balaban J connectivity index is 1.37. The monoisotopic (exact) mass is 440 g/mol. The van der Waals surface area contributed by atoms with Crippen molar-refractivity contribution in [1.82, 2.24) is 10.2 Å². The molecule has 1 fully saturated rings. The van der Waals surface area contributed by atoms with Gasteiger partial charge in [-0.1, -0.05) is 12.1 Å². The smallest absolute Gasteiger partial charge is 0.293 e. The predicted molar refractivity (Wildman–Crippen MR) is 115 cm³/mol. The topological polar surface area (TPSA) is 94.2 Å². The molecule has 1 N–H and O–H groups in total. The average molecular weight is 440 g/mol. The van der Waals surface area contributed by atoms with E-state index >= 15 is 0 Å². The normalized spacial score (nSPS) is 16.2. The number of benzene rings is 2. The van der Waals surface area contributed by atoms with Crippen LogP contribution in [0.15, 0.2) is 41.3 Å². The van der Waals surface area contributed by atoms with Crippen molar-refractivity contribution in [2.24, 2.45) is 0 Å². The van der Waals surface area contributed by atoms with Gasteiger partial charge in [0.05, 0.1) is 12.0 Å². The summed E-state index contributed by atoms with van der Waals surface area (Å²) in [6, 6.07) is 10.4. The summed E-state index contributed by atoms with van der Waals surface area (Å²) in [5, 5.41) is 2.36. The first-order chi connectivity index (χ1) is 15.0. The number of fused-ring (bicyclic) bond motifs is 1. The standard InChI is InChI=1S/C22H20N2O6S/c1-13-3-5-15(11-17(13)28-2)20(25)23-7-8-24-21(26)19(31-22(24)27)10-14-4-6-16-18(9-14)30-12-29-16/h3-6,9-11H,7-8,12H2,1-2H3,(H,23,25)/b19-10-. The number of methoxy groups -OCH3 is 1. The van der Waals surface area contributed by atoms with Gasteiger partial charge in [-0.3, -0.25) is 19.3 Å². The van der Waals surface area contributed by atoms with Crippen LogP contribution in [0.3, 0.4) is 0 Å². The molecule has 0 spiro atoms. The summed E-state index contributed by atoms with van der Waals surface area (Å²) >= 11 is 0.869. The molecular weight excluding hydrogens is 420 g/mol. The lowest BCUT2D eigenvalue weighted by atomic mass is 10.1. The highest BCUT2D eigenvalue weighted by Gasteiger charge is 2.34. The molecule has 160 valence electrons. The van der Waals surface area contributed by atoms with Crippen molar-refractivity contribution in [3.05, 3.63) is 58.0 Å². The van der Waals surface area contributed by atoms with Crippen molar-refractivity contribution >= 4 is 34.9 Å². The molecule has 9 heteroatoms. The molecule has 2 aliphatic rings. The lowest BCUT2D eigenvalue weighted by molar-refractivity contribution is -0.122. The largest absolute Gasteiger partial charge is 0.496 e. The number of imide groups is 1. The van der Waals surface area contributed by atoms with Crippen molar-refractivity contribution in [3.8, 4) is 17.2 Å². The van der Waals surface area contributed by atoms with E-state index in [2.05, 4.69) is 5.32 Å². The van der Waals surface area contributed by atoms with E-state index in [0.717, 1.165) is 27.8 Å². The van der Waals surface area contributed by atoms with E-state index < -0.39 is 0 Å². The molecular formula is C22H20N2O6S. The minimum Gasteiger partial charge on any atom is -0.496 e. The zero-order valence-corrected chi connectivity index (χ0v) is 17.8. The highest BCUT2D eigenvalue weighted by molar-refractivity contribution is 8.18. The van der Waals surface area contributed by atoms with Gasteiger partial charge in [0.1, 0.15) is 5.75 Å². The van der Waals surface area contributed by atoms with Gasteiger partial charge >= 0.3 is 0 Å². The van der Waals surface area contributed by atoms with Crippen LogP contribution in [0.25, 0.3) is 6.08 Å². The molecule has 0 unspecified atom stereocenters. The summed E-state index contributed by atoms with van der Waals surface area (Å²) in [6.45, 7) is 2.27. The van der Waals surface area contributed by atoms with Crippen LogP contribution in [0, 0.1) is 6.92 Å². The number of nitrogens with one attached hydrogen (secondary N) is 1. The van der Waals surface area contributed by atoms with Crippen LogP contribution in [0.4, 0.5) is 4.79 Å². The lowest BCUT2D eigenvalue weighted by Gasteiger charge is -2.13. The van der Waals surface area contributed by atoms with Crippen molar-refractivity contribution in [3.63, 3.8) is 0 Å². The Bertz CT molecular complexity index is 1100. The highest BCUT2D eigenvalue weighted by atomic mass is 32.2. The van der Waals surface area contributed by atoms with Crippen molar-refractivity contribution in [1.29, 1.82) is 0 Å². The van der Waals surface area contributed by atoms with E-state index in [1.165, 1.54) is 0 Å². The van der Waals surface area contributed by atoms with E-state index in [1.807, 2.05) is 6.92 Å². The van der Waals surface area contributed by atoms with Gasteiger partial charge in [0.25, 0.3) is 17.1 Å². The van der Waals surface area contributed by atoms with Gasteiger partial charge in [0.2, 0.25) is 6.79 Å². The number of rotatable bonds is 6. The third-order valence-electron chi connectivity index (χ3n) is 4.86. The number of hydrogen-bond donors (Lipinski definition) is 1. The second-order valence-electron chi connectivity index (χ2n) is 6.89. The summed E-state index contributed by atoms with van der Waals surface area (Å²) in [5.74, 6) is 1.17. The Morgan fingerprint density at radius 2 is 2.00 bits per heavy atom. The fraction of sp³-hybridized carbons (Fsp3) is 0.227. The number of ether oxygens (including phenoxy) is 3. The summed E-state index contributed by atoms with van der Waals surface area (Å²) in [5.41, 5.74) is 2.10. The van der Waals surface area contributed by atoms with Gasteiger partial charge in [0, 0.05) is 18.7 Å². The third kappa shape index (κ3) is 4.36. The van der Waals surface area contributed by atoms with Crippen molar-refractivity contribution in [2.75, 3.05) is 27.0 Å². The third-order valence-corrected chi connectivity index (χ3v) is 5.77. The Hall–Kier alpha value is -3.46. The first-order valence-corrected chi connectivity index (χ1v) is 10.4. The maximum absolute atomic E-state index is 12.7. The second kappa shape index (κ2) is 8.73. The average Bonchev–Trinajstić information content (AvgIpc) is 3.33. The Kier molecular flexibility index (Phi) is 5.85. The molecule has 2 aromatic carbocycles. The van der Waals surface area contributed by atoms with Crippen molar-refractivity contribution in [2.45, 2.75) is 6.92 Å². The molecule has 0 aromatic heterocycles. The fourth-order valence-corrected chi connectivity index (χ4v) is 4.06. The number of hydrogen-bond acceptors (Lipinski definition) is 7. The maximum Gasteiger partial charge on any atom is 0.293 e.